The molecule has 0 aliphatic rings. The second-order valence-electron chi connectivity index (χ2n) is 3.64. The highest BCUT2D eigenvalue weighted by Crippen LogP contribution is 2.14. The molecule has 0 spiro atoms. The monoisotopic (exact) mass is 249 g/mol. The van der Waals surface area contributed by atoms with Gasteiger partial charge >= 0.3 is 5.97 Å². The molecular weight excluding hydrogens is 237 g/mol. The van der Waals surface area contributed by atoms with E-state index in [1.807, 2.05) is 0 Å². The van der Waals surface area contributed by atoms with Crippen LogP contribution in [-0.2, 0) is 11.3 Å². The van der Waals surface area contributed by atoms with Crippen molar-refractivity contribution in [2.75, 3.05) is 12.3 Å². The third kappa shape index (κ3) is 2.85. The van der Waals surface area contributed by atoms with E-state index in [0.29, 0.717) is 6.54 Å². The Morgan fingerprint density at radius 1 is 1.50 bits per heavy atom. The molecule has 0 atom stereocenters. The molecule has 0 saturated carbocycles. The van der Waals surface area contributed by atoms with Gasteiger partial charge in [-0.25, -0.2) is 9.18 Å². The topological polar surface area (TPSA) is 70.1 Å². The van der Waals surface area contributed by atoms with E-state index in [9.17, 15) is 9.18 Å². The average molecular weight is 249 g/mol. The molecule has 94 valence electrons. The molecule has 0 aliphatic heterocycles. The van der Waals surface area contributed by atoms with Crippen LogP contribution in [0.25, 0.3) is 0 Å². The zero-order valence-corrected chi connectivity index (χ0v) is 9.54. The van der Waals surface area contributed by atoms with Gasteiger partial charge in [0.1, 0.15) is 12.4 Å². The number of aromatic nitrogens is 2. The Labute approximate surface area is 103 Å². The number of anilines is 1. The molecule has 18 heavy (non-hydrogen) atoms. The lowest BCUT2D eigenvalue weighted by Crippen LogP contribution is -2.13. The van der Waals surface area contributed by atoms with Crippen LogP contribution < -0.4 is 5.73 Å². The number of hydrogen-bond acceptors (Lipinski definition) is 4. The van der Waals surface area contributed by atoms with Crippen molar-refractivity contribution in [2.45, 2.75) is 6.54 Å². The van der Waals surface area contributed by atoms with Crippen LogP contribution in [0.4, 0.5) is 10.1 Å². The molecule has 0 unspecified atom stereocenters. The van der Waals surface area contributed by atoms with Crippen molar-refractivity contribution in [2.24, 2.45) is 0 Å². The number of hydrogen-bond donors (Lipinski definition) is 1. The summed E-state index contributed by atoms with van der Waals surface area (Å²) in [5, 5.41) is 3.96. The van der Waals surface area contributed by atoms with Crippen LogP contribution in [0.3, 0.4) is 0 Å². The van der Waals surface area contributed by atoms with E-state index in [-0.39, 0.29) is 17.9 Å². The first-order valence-electron chi connectivity index (χ1n) is 5.36. The lowest BCUT2D eigenvalue weighted by Gasteiger charge is -2.07. The van der Waals surface area contributed by atoms with Gasteiger partial charge in [0.15, 0.2) is 0 Å². The maximum atomic E-state index is 13.0. The lowest BCUT2D eigenvalue weighted by atomic mass is 10.2. The Balaban J connectivity index is 1.93. The zero-order chi connectivity index (χ0) is 13.0. The summed E-state index contributed by atoms with van der Waals surface area (Å²) in [6, 6.07) is 5.35. The Bertz CT molecular complexity index is 540. The van der Waals surface area contributed by atoms with E-state index < -0.39 is 11.8 Å². The molecule has 0 radical (unpaired) electrons. The number of benzene rings is 1. The Kier molecular flexibility index (Phi) is 3.57. The molecule has 1 heterocycles. The summed E-state index contributed by atoms with van der Waals surface area (Å²) < 4.78 is 19.6. The lowest BCUT2D eigenvalue weighted by molar-refractivity contribution is 0.0488. The van der Waals surface area contributed by atoms with Crippen molar-refractivity contribution < 1.29 is 13.9 Å². The highest BCUT2D eigenvalue weighted by molar-refractivity contribution is 5.95. The Morgan fingerprint density at radius 3 is 3.06 bits per heavy atom. The van der Waals surface area contributed by atoms with Crippen LogP contribution in [0, 0.1) is 5.82 Å². The molecule has 0 bridgehead atoms. The van der Waals surface area contributed by atoms with E-state index in [1.165, 1.54) is 12.1 Å². The largest absolute Gasteiger partial charge is 0.460 e. The first-order valence-corrected chi connectivity index (χ1v) is 5.36. The highest BCUT2D eigenvalue weighted by atomic mass is 19.1. The minimum absolute atomic E-state index is 0.0375. The van der Waals surface area contributed by atoms with Gasteiger partial charge in [0.25, 0.3) is 0 Å². The van der Waals surface area contributed by atoms with Crippen molar-refractivity contribution in [3.8, 4) is 0 Å². The molecule has 5 nitrogen and oxygen atoms in total. The van der Waals surface area contributed by atoms with Crippen molar-refractivity contribution in [3.63, 3.8) is 0 Å². The van der Waals surface area contributed by atoms with E-state index in [4.69, 9.17) is 10.5 Å². The van der Waals surface area contributed by atoms with E-state index in [0.717, 1.165) is 6.07 Å². The summed E-state index contributed by atoms with van der Waals surface area (Å²) >= 11 is 0. The van der Waals surface area contributed by atoms with Gasteiger partial charge < -0.3 is 10.5 Å². The Hall–Kier alpha value is -2.37. The molecule has 0 amide bonds. The van der Waals surface area contributed by atoms with Gasteiger partial charge in [-0.1, -0.05) is 0 Å². The number of nitrogen functional groups attached to an aromatic ring is 1. The van der Waals surface area contributed by atoms with Crippen LogP contribution in [0.2, 0.25) is 0 Å². The summed E-state index contributed by atoms with van der Waals surface area (Å²) in [6.45, 7) is 0.588. The van der Waals surface area contributed by atoms with Gasteiger partial charge in [0.2, 0.25) is 0 Å². The quantitative estimate of drug-likeness (QED) is 0.658. The highest BCUT2D eigenvalue weighted by Gasteiger charge is 2.12. The standard InChI is InChI=1S/C12H12FN3O2/c13-9-2-3-11(14)10(8-9)12(17)18-7-6-16-5-1-4-15-16/h1-5,8H,6-7,14H2. The number of rotatable bonds is 4. The van der Waals surface area contributed by atoms with E-state index in [1.54, 1.807) is 23.1 Å². The Morgan fingerprint density at radius 2 is 2.33 bits per heavy atom. The van der Waals surface area contributed by atoms with Crippen LogP contribution in [0.15, 0.2) is 36.7 Å². The number of nitrogens with zero attached hydrogens (tertiary/aromatic N) is 2. The minimum Gasteiger partial charge on any atom is -0.460 e. The summed E-state index contributed by atoms with van der Waals surface area (Å²) in [4.78, 5) is 11.6. The molecule has 6 heteroatoms. The molecule has 1 aromatic carbocycles. The molecule has 2 aromatic rings. The van der Waals surface area contributed by atoms with E-state index >= 15 is 0 Å². The van der Waals surface area contributed by atoms with Crippen LogP contribution >= 0.6 is 0 Å². The van der Waals surface area contributed by atoms with Gasteiger partial charge in [-0.15, -0.1) is 0 Å². The fourth-order valence-electron chi connectivity index (χ4n) is 1.45. The third-order valence-corrected chi connectivity index (χ3v) is 2.35. The number of ether oxygens (including phenoxy) is 1. The molecule has 0 aliphatic carbocycles. The molecule has 0 fully saturated rings. The van der Waals surface area contributed by atoms with Crippen LogP contribution in [-0.4, -0.2) is 22.4 Å². The number of esters is 1. The van der Waals surface area contributed by atoms with Gasteiger partial charge in [0, 0.05) is 18.1 Å². The van der Waals surface area contributed by atoms with Crippen LogP contribution in [0.1, 0.15) is 10.4 Å². The summed E-state index contributed by atoms with van der Waals surface area (Å²) in [6.07, 6.45) is 3.39. The fourth-order valence-corrected chi connectivity index (χ4v) is 1.45. The smallest absolute Gasteiger partial charge is 0.340 e. The van der Waals surface area contributed by atoms with Crippen molar-refractivity contribution in [3.05, 3.63) is 48.0 Å². The predicted octanol–water partition coefficient (Wildman–Crippen LogP) is 1.46. The molecule has 1 aromatic heterocycles. The minimum atomic E-state index is -0.640. The molecule has 2 rings (SSSR count). The second-order valence-corrected chi connectivity index (χ2v) is 3.64. The number of nitrogens with two attached hydrogens (primary N) is 1. The van der Waals surface area contributed by atoms with Crippen molar-refractivity contribution in [1.82, 2.24) is 9.78 Å². The summed E-state index contributed by atoms with van der Waals surface area (Å²) in [5.41, 5.74) is 5.80. The zero-order valence-electron chi connectivity index (χ0n) is 9.54. The maximum absolute atomic E-state index is 13.0. The van der Waals surface area contributed by atoms with Crippen molar-refractivity contribution >= 4 is 11.7 Å². The van der Waals surface area contributed by atoms with Gasteiger partial charge in [-0.2, -0.15) is 5.10 Å². The fraction of sp³-hybridized carbons (Fsp3) is 0.167. The maximum Gasteiger partial charge on any atom is 0.340 e. The molecule has 0 saturated heterocycles. The van der Waals surface area contributed by atoms with Gasteiger partial charge in [-0.05, 0) is 24.3 Å². The van der Waals surface area contributed by atoms with Crippen molar-refractivity contribution in [1.29, 1.82) is 0 Å². The number of carbonyl (C=O) groups excluding carboxylic acids is 1. The van der Waals surface area contributed by atoms with E-state index in [2.05, 4.69) is 5.10 Å². The number of halogens is 1. The molecular formula is C12H12FN3O2. The number of carbonyl (C=O) groups is 1. The normalized spacial score (nSPS) is 10.3. The summed E-state index contributed by atoms with van der Waals surface area (Å²) in [5.74, 6) is -1.16. The van der Waals surface area contributed by atoms with Crippen LogP contribution in [0.5, 0.6) is 0 Å². The average Bonchev–Trinajstić information content (AvgIpc) is 2.85. The third-order valence-electron chi connectivity index (χ3n) is 2.35. The molecule has 2 N–H and O–H groups in total. The summed E-state index contributed by atoms with van der Waals surface area (Å²) in [7, 11) is 0. The first-order chi connectivity index (χ1) is 8.66. The van der Waals surface area contributed by atoms with Gasteiger partial charge in [0.05, 0.1) is 12.1 Å². The first kappa shape index (κ1) is 12.1. The SMILES string of the molecule is Nc1ccc(F)cc1C(=O)OCCn1cccn1. The predicted molar refractivity (Wildman–Crippen MR) is 63.3 cm³/mol. The second kappa shape index (κ2) is 5.31. The van der Waals surface area contributed by atoms with Gasteiger partial charge in [-0.3, -0.25) is 4.68 Å².